The average molecular weight is 324 g/mol. The third-order valence-corrected chi connectivity index (χ3v) is 4.91. The van der Waals surface area contributed by atoms with Crippen LogP contribution in [-0.4, -0.2) is 44.5 Å². The first kappa shape index (κ1) is 14.9. The van der Waals surface area contributed by atoms with Gasteiger partial charge in [-0.1, -0.05) is 18.2 Å². The molecule has 3 heterocycles. The second kappa shape index (κ2) is 5.78. The van der Waals surface area contributed by atoms with Crippen molar-refractivity contribution >= 4 is 11.8 Å². The van der Waals surface area contributed by atoms with E-state index in [2.05, 4.69) is 5.10 Å². The van der Waals surface area contributed by atoms with Crippen LogP contribution in [0.1, 0.15) is 40.4 Å². The van der Waals surface area contributed by atoms with E-state index in [1.807, 2.05) is 48.6 Å². The van der Waals surface area contributed by atoms with Gasteiger partial charge >= 0.3 is 0 Å². The number of nitrogens with zero attached hydrogens (tertiary/aromatic N) is 4. The Morgan fingerprint density at radius 3 is 2.92 bits per heavy atom. The van der Waals surface area contributed by atoms with Gasteiger partial charge in [0.1, 0.15) is 6.54 Å². The van der Waals surface area contributed by atoms with Crippen molar-refractivity contribution in [3.8, 4) is 0 Å². The molecule has 1 fully saturated rings. The van der Waals surface area contributed by atoms with Crippen LogP contribution in [0, 0.1) is 0 Å². The molecule has 6 nitrogen and oxygen atoms in total. The van der Waals surface area contributed by atoms with E-state index in [0.717, 1.165) is 36.1 Å². The Morgan fingerprint density at radius 1 is 1.33 bits per heavy atom. The first-order chi connectivity index (χ1) is 11.6. The number of likely N-dealkylation sites (tertiary alicyclic amines) is 1. The zero-order valence-corrected chi connectivity index (χ0v) is 13.7. The molecule has 2 aliphatic heterocycles. The summed E-state index contributed by atoms with van der Waals surface area (Å²) in [5, 5.41) is 4.21. The van der Waals surface area contributed by atoms with Gasteiger partial charge in [0.15, 0.2) is 0 Å². The molecule has 1 aromatic heterocycles. The largest absolute Gasteiger partial charge is 0.334 e. The summed E-state index contributed by atoms with van der Waals surface area (Å²) in [4.78, 5) is 28.8. The van der Waals surface area contributed by atoms with Gasteiger partial charge in [0.05, 0.1) is 12.2 Å². The van der Waals surface area contributed by atoms with Gasteiger partial charge in [-0.2, -0.15) is 5.10 Å². The number of aromatic nitrogens is 2. The van der Waals surface area contributed by atoms with E-state index in [1.165, 1.54) is 0 Å². The maximum Gasteiger partial charge on any atom is 0.254 e. The molecule has 0 saturated carbocycles. The van der Waals surface area contributed by atoms with Crippen LogP contribution in [0.5, 0.6) is 0 Å². The van der Waals surface area contributed by atoms with E-state index < -0.39 is 0 Å². The zero-order chi connectivity index (χ0) is 16.7. The van der Waals surface area contributed by atoms with Gasteiger partial charge in [0.2, 0.25) is 5.91 Å². The van der Waals surface area contributed by atoms with Crippen molar-refractivity contribution in [3.63, 3.8) is 0 Å². The number of aryl methyl sites for hydroxylation is 1. The van der Waals surface area contributed by atoms with Gasteiger partial charge in [-0.15, -0.1) is 0 Å². The molecule has 0 radical (unpaired) electrons. The lowest BCUT2D eigenvalue weighted by molar-refractivity contribution is -0.132. The van der Waals surface area contributed by atoms with Crippen molar-refractivity contribution in [2.45, 2.75) is 25.4 Å². The Kier molecular flexibility index (Phi) is 3.59. The minimum Gasteiger partial charge on any atom is -0.334 e. The molecule has 1 atom stereocenters. The number of benzene rings is 1. The lowest BCUT2D eigenvalue weighted by Gasteiger charge is -2.26. The van der Waals surface area contributed by atoms with Crippen molar-refractivity contribution in [2.24, 2.45) is 7.05 Å². The molecule has 0 unspecified atom stereocenters. The topological polar surface area (TPSA) is 58.4 Å². The summed E-state index contributed by atoms with van der Waals surface area (Å²) in [5.74, 6) is -0.0291. The number of rotatable bonds is 3. The van der Waals surface area contributed by atoms with Gasteiger partial charge in [0.25, 0.3) is 5.91 Å². The molecule has 2 aromatic rings. The molecule has 0 N–H and O–H groups in total. The third-order valence-electron chi connectivity index (χ3n) is 4.91. The van der Waals surface area contributed by atoms with E-state index in [1.54, 1.807) is 9.58 Å². The highest BCUT2D eigenvalue weighted by Crippen LogP contribution is 2.32. The van der Waals surface area contributed by atoms with Crippen LogP contribution in [0.15, 0.2) is 36.7 Å². The highest BCUT2D eigenvalue weighted by Gasteiger charge is 2.34. The van der Waals surface area contributed by atoms with Crippen LogP contribution in [0.4, 0.5) is 0 Å². The second-order valence-corrected chi connectivity index (χ2v) is 6.51. The predicted octanol–water partition coefficient (Wildman–Crippen LogP) is 1.74. The van der Waals surface area contributed by atoms with Gasteiger partial charge in [0, 0.05) is 37.5 Å². The van der Waals surface area contributed by atoms with Gasteiger partial charge in [-0.25, -0.2) is 0 Å². The van der Waals surface area contributed by atoms with Crippen molar-refractivity contribution in [3.05, 3.63) is 53.3 Å². The first-order valence-corrected chi connectivity index (χ1v) is 8.28. The molecule has 4 rings (SSSR count). The van der Waals surface area contributed by atoms with Crippen molar-refractivity contribution in [1.82, 2.24) is 19.6 Å². The maximum absolute atomic E-state index is 12.8. The SMILES string of the molecule is Cn1cc([C@H]2CCCN2C(=O)CN2Cc3ccccc3C2=O)cn1. The Balaban J connectivity index is 1.48. The molecule has 1 aromatic carbocycles. The molecule has 2 amide bonds. The van der Waals surface area contributed by atoms with Crippen LogP contribution in [-0.2, 0) is 18.4 Å². The molecule has 0 bridgehead atoms. The van der Waals surface area contributed by atoms with Crippen molar-refractivity contribution in [2.75, 3.05) is 13.1 Å². The number of hydrogen-bond acceptors (Lipinski definition) is 3. The smallest absolute Gasteiger partial charge is 0.254 e. The molecule has 1 saturated heterocycles. The van der Waals surface area contributed by atoms with E-state index in [9.17, 15) is 9.59 Å². The Hall–Kier alpha value is -2.63. The van der Waals surface area contributed by atoms with E-state index >= 15 is 0 Å². The van der Waals surface area contributed by atoms with Gasteiger partial charge in [-0.3, -0.25) is 14.3 Å². The number of hydrogen-bond donors (Lipinski definition) is 0. The summed E-state index contributed by atoms with van der Waals surface area (Å²) in [5.41, 5.74) is 2.79. The summed E-state index contributed by atoms with van der Waals surface area (Å²) in [6, 6.07) is 7.64. The molecule has 0 aliphatic carbocycles. The fourth-order valence-electron chi connectivity index (χ4n) is 3.72. The van der Waals surface area contributed by atoms with Crippen LogP contribution in [0.2, 0.25) is 0 Å². The number of carbonyl (C=O) groups excluding carboxylic acids is 2. The molecule has 0 spiro atoms. The first-order valence-electron chi connectivity index (χ1n) is 8.28. The number of fused-ring (bicyclic) bond motifs is 1. The van der Waals surface area contributed by atoms with E-state index in [4.69, 9.17) is 0 Å². The molecule has 2 aliphatic rings. The highest BCUT2D eigenvalue weighted by atomic mass is 16.2. The Morgan fingerprint density at radius 2 is 2.17 bits per heavy atom. The third kappa shape index (κ3) is 2.48. The molecule has 24 heavy (non-hydrogen) atoms. The fourth-order valence-corrected chi connectivity index (χ4v) is 3.72. The second-order valence-electron chi connectivity index (χ2n) is 6.51. The molecular formula is C18H20N4O2. The van der Waals surface area contributed by atoms with Crippen LogP contribution >= 0.6 is 0 Å². The minimum atomic E-state index is -0.0453. The van der Waals surface area contributed by atoms with Crippen molar-refractivity contribution < 1.29 is 9.59 Å². The molecule has 124 valence electrons. The maximum atomic E-state index is 12.8. The van der Waals surface area contributed by atoms with E-state index in [0.29, 0.717) is 6.54 Å². The van der Waals surface area contributed by atoms with E-state index in [-0.39, 0.29) is 24.4 Å². The monoisotopic (exact) mass is 324 g/mol. The lowest BCUT2D eigenvalue weighted by Crippen LogP contribution is -2.40. The fraction of sp³-hybridized carbons (Fsp3) is 0.389. The lowest BCUT2D eigenvalue weighted by atomic mass is 10.1. The average Bonchev–Trinajstić information content (AvgIpc) is 3.28. The molecular weight excluding hydrogens is 304 g/mol. The van der Waals surface area contributed by atoms with Gasteiger partial charge < -0.3 is 9.80 Å². The summed E-state index contributed by atoms with van der Waals surface area (Å²) in [6.07, 6.45) is 5.73. The highest BCUT2D eigenvalue weighted by molar-refractivity contribution is 6.00. The van der Waals surface area contributed by atoms with Crippen LogP contribution in [0.25, 0.3) is 0 Å². The summed E-state index contributed by atoms with van der Waals surface area (Å²) >= 11 is 0. The van der Waals surface area contributed by atoms with Crippen LogP contribution in [0.3, 0.4) is 0 Å². The Bertz CT molecular complexity index is 798. The van der Waals surface area contributed by atoms with Crippen LogP contribution < -0.4 is 0 Å². The minimum absolute atomic E-state index is 0.0162. The quantitative estimate of drug-likeness (QED) is 0.864. The summed E-state index contributed by atoms with van der Waals surface area (Å²) in [7, 11) is 1.88. The standard InChI is InChI=1S/C18H20N4O2/c1-20-10-14(9-19-20)16-7-4-8-22(16)17(23)12-21-11-13-5-2-3-6-15(13)18(21)24/h2-3,5-6,9-10,16H,4,7-8,11-12H2,1H3/t16-/m1/s1. The zero-order valence-electron chi connectivity index (χ0n) is 13.7. The number of amides is 2. The Labute approximate surface area is 140 Å². The summed E-state index contributed by atoms with van der Waals surface area (Å²) in [6.45, 7) is 1.41. The van der Waals surface area contributed by atoms with Crippen molar-refractivity contribution in [1.29, 1.82) is 0 Å². The summed E-state index contributed by atoms with van der Waals surface area (Å²) < 4.78 is 1.76. The van der Waals surface area contributed by atoms with Gasteiger partial charge in [-0.05, 0) is 24.5 Å². The normalized spacial score (nSPS) is 19.9. The predicted molar refractivity (Wildman–Crippen MR) is 88.1 cm³/mol. The number of carbonyl (C=O) groups is 2. The molecule has 6 heteroatoms.